The number of anilines is 1. The number of nitrogens with zero attached hydrogens (tertiary/aromatic N) is 2. The molecule has 1 aromatic carbocycles. The molecule has 1 unspecified atom stereocenters. The van der Waals surface area contributed by atoms with Gasteiger partial charge < -0.3 is 15.8 Å². The van der Waals surface area contributed by atoms with Gasteiger partial charge in [0.1, 0.15) is 0 Å². The summed E-state index contributed by atoms with van der Waals surface area (Å²) < 4.78 is 0. The lowest BCUT2D eigenvalue weighted by atomic mass is 9.89. The molecule has 4 nitrogen and oxygen atoms in total. The highest BCUT2D eigenvalue weighted by Crippen LogP contribution is 2.27. The molecule has 0 spiro atoms. The van der Waals surface area contributed by atoms with E-state index < -0.39 is 0 Å². The lowest BCUT2D eigenvalue weighted by Crippen LogP contribution is -2.24. The second kappa shape index (κ2) is 6.64. The van der Waals surface area contributed by atoms with Gasteiger partial charge in [0.05, 0.1) is 0 Å². The van der Waals surface area contributed by atoms with Crippen molar-refractivity contribution < 1.29 is 5.21 Å². The van der Waals surface area contributed by atoms with Crippen LogP contribution in [0.3, 0.4) is 0 Å². The van der Waals surface area contributed by atoms with Gasteiger partial charge in [-0.15, -0.1) is 0 Å². The van der Waals surface area contributed by atoms with Gasteiger partial charge in [0.2, 0.25) is 0 Å². The van der Waals surface area contributed by atoms with Gasteiger partial charge in [-0.25, -0.2) is 0 Å². The van der Waals surface area contributed by atoms with Crippen LogP contribution in [0.2, 0.25) is 0 Å². The van der Waals surface area contributed by atoms with E-state index in [1.54, 1.807) is 0 Å². The second-order valence-electron chi connectivity index (χ2n) is 5.95. The van der Waals surface area contributed by atoms with Crippen LogP contribution in [0.1, 0.15) is 38.7 Å². The first kappa shape index (κ1) is 14.7. The normalized spacial score (nSPS) is 21.1. The molecule has 1 aromatic rings. The van der Waals surface area contributed by atoms with E-state index in [9.17, 15) is 0 Å². The van der Waals surface area contributed by atoms with Gasteiger partial charge in [0.25, 0.3) is 0 Å². The first-order valence-electron chi connectivity index (χ1n) is 7.44. The van der Waals surface area contributed by atoms with Crippen molar-refractivity contribution in [2.75, 3.05) is 18.0 Å². The van der Waals surface area contributed by atoms with E-state index in [1.165, 1.54) is 24.9 Å². The molecule has 1 aliphatic rings. The van der Waals surface area contributed by atoms with Crippen LogP contribution in [0.25, 0.3) is 0 Å². The van der Waals surface area contributed by atoms with Crippen molar-refractivity contribution in [1.29, 1.82) is 0 Å². The molecule has 110 valence electrons. The summed E-state index contributed by atoms with van der Waals surface area (Å²) in [5.74, 6) is 1.78. The van der Waals surface area contributed by atoms with E-state index in [0.29, 0.717) is 0 Å². The number of oxime groups is 1. The first-order chi connectivity index (χ1) is 9.61. The molecule has 0 bridgehead atoms. The lowest BCUT2D eigenvalue weighted by Gasteiger charge is -2.23. The molecule has 0 aliphatic carbocycles. The van der Waals surface area contributed by atoms with E-state index in [0.717, 1.165) is 30.5 Å². The summed E-state index contributed by atoms with van der Waals surface area (Å²) >= 11 is 0. The van der Waals surface area contributed by atoms with Crippen molar-refractivity contribution in [1.82, 2.24) is 0 Å². The van der Waals surface area contributed by atoms with Crippen molar-refractivity contribution in [3.8, 4) is 0 Å². The van der Waals surface area contributed by atoms with Gasteiger partial charge in [-0.2, -0.15) is 0 Å². The number of rotatable bonds is 3. The Hall–Kier alpha value is -1.71. The monoisotopic (exact) mass is 275 g/mol. The van der Waals surface area contributed by atoms with Crippen molar-refractivity contribution in [2.45, 2.75) is 33.1 Å². The Morgan fingerprint density at radius 2 is 1.95 bits per heavy atom. The molecule has 20 heavy (non-hydrogen) atoms. The summed E-state index contributed by atoms with van der Waals surface area (Å²) in [4.78, 5) is 2.44. The van der Waals surface area contributed by atoms with Gasteiger partial charge in [0, 0.05) is 24.3 Å². The molecule has 3 N–H and O–H groups in total. The highest BCUT2D eigenvalue weighted by atomic mass is 16.4. The fourth-order valence-corrected chi connectivity index (χ4v) is 2.95. The third-order valence-electron chi connectivity index (χ3n) is 4.35. The van der Waals surface area contributed by atoms with E-state index in [1.807, 2.05) is 12.1 Å². The smallest absolute Gasteiger partial charge is 0.170 e. The molecule has 0 radical (unpaired) electrons. The van der Waals surface area contributed by atoms with Crippen LogP contribution >= 0.6 is 0 Å². The van der Waals surface area contributed by atoms with Crippen LogP contribution in [-0.4, -0.2) is 24.1 Å². The van der Waals surface area contributed by atoms with Crippen LogP contribution < -0.4 is 10.6 Å². The van der Waals surface area contributed by atoms with Crippen LogP contribution in [0.5, 0.6) is 0 Å². The van der Waals surface area contributed by atoms with Crippen molar-refractivity contribution in [3.63, 3.8) is 0 Å². The molecule has 1 heterocycles. The average molecular weight is 275 g/mol. The molecule has 0 amide bonds. The van der Waals surface area contributed by atoms with Gasteiger partial charge in [-0.05, 0) is 55.4 Å². The zero-order valence-electron chi connectivity index (χ0n) is 12.4. The number of benzene rings is 1. The minimum atomic E-state index is 0.160. The van der Waals surface area contributed by atoms with Crippen molar-refractivity contribution >= 4 is 11.5 Å². The molecular weight excluding hydrogens is 250 g/mol. The van der Waals surface area contributed by atoms with Gasteiger partial charge in [-0.3, -0.25) is 0 Å². The average Bonchev–Trinajstić information content (AvgIpc) is 2.72. The molecule has 0 saturated carbocycles. The van der Waals surface area contributed by atoms with E-state index >= 15 is 0 Å². The topological polar surface area (TPSA) is 61.8 Å². The lowest BCUT2D eigenvalue weighted by molar-refractivity contribution is 0.318. The van der Waals surface area contributed by atoms with Crippen LogP contribution in [-0.2, 0) is 0 Å². The number of nitrogens with two attached hydrogens (primary N) is 1. The Balaban J connectivity index is 2.04. The first-order valence-corrected chi connectivity index (χ1v) is 7.44. The predicted molar refractivity (Wildman–Crippen MR) is 83.3 cm³/mol. The third kappa shape index (κ3) is 3.44. The van der Waals surface area contributed by atoms with Crippen LogP contribution in [0.4, 0.5) is 5.69 Å². The summed E-state index contributed by atoms with van der Waals surface area (Å²) in [6.07, 6.45) is 3.85. The van der Waals surface area contributed by atoms with Crippen LogP contribution in [0.15, 0.2) is 29.4 Å². The Kier molecular flexibility index (Phi) is 4.88. The zero-order valence-corrected chi connectivity index (χ0v) is 12.4. The molecular formula is C16H25N3O. The Morgan fingerprint density at radius 3 is 2.55 bits per heavy atom. The van der Waals surface area contributed by atoms with Gasteiger partial charge in [0.15, 0.2) is 5.84 Å². The molecule has 1 atom stereocenters. The summed E-state index contributed by atoms with van der Waals surface area (Å²) in [6, 6.07) is 7.94. The van der Waals surface area contributed by atoms with Crippen molar-refractivity contribution in [2.24, 2.45) is 22.7 Å². The summed E-state index contributed by atoms with van der Waals surface area (Å²) in [6.45, 7) is 6.89. The minimum Gasteiger partial charge on any atom is -0.409 e. The maximum Gasteiger partial charge on any atom is 0.170 e. The summed E-state index contributed by atoms with van der Waals surface area (Å²) in [5, 5.41) is 11.7. The predicted octanol–water partition coefficient (Wildman–Crippen LogP) is 3.04. The highest BCUT2D eigenvalue weighted by Gasteiger charge is 2.19. The SMILES string of the molecule is CC(C)C1CCCN(c2ccc(C(N)=NO)cc2)CC1. The fourth-order valence-electron chi connectivity index (χ4n) is 2.95. The molecule has 2 rings (SSSR count). The van der Waals surface area contributed by atoms with E-state index in [2.05, 4.69) is 36.0 Å². The molecule has 0 aromatic heterocycles. The molecule has 4 heteroatoms. The Bertz CT molecular complexity index is 453. The number of hydrogen-bond donors (Lipinski definition) is 2. The minimum absolute atomic E-state index is 0.160. The summed E-state index contributed by atoms with van der Waals surface area (Å²) in [7, 11) is 0. The Morgan fingerprint density at radius 1 is 1.25 bits per heavy atom. The van der Waals surface area contributed by atoms with Gasteiger partial charge >= 0.3 is 0 Å². The highest BCUT2D eigenvalue weighted by molar-refractivity contribution is 5.97. The van der Waals surface area contributed by atoms with E-state index in [4.69, 9.17) is 10.9 Å². The van der Waals surface area contributed by atoms with E-state index in [-0.39, 0.29) is 5.84 Å². The Labute approximate surface area is 121 Å². The second-order valence-corrected chi connectivity index (χ2v) is 5.95. The molecule has 1 saturated heterocycles. The van der Waals surface area contributed by atoms with Gasteiger partial charge in [-0.1, -0.05) is 19.0 Å². The number of hydrogen-bond acceptors (Lipinski definition) is 3. The summed E-state index contributed by atoms with van der Waals surface area (Å²) in [5.41, 5.74) is 7.57. The standard InChI is InChI=1S/C16H25N3O/c1-12(2)13-4-3-10-19(11-9-13)15-7-5-14(6-8-15)16(17)18-20/h5-8,12-13,20H,3-4,9-11H2,1-2H3,(H2,17,18). The zero-order chi connectivity index (χ0) is 14.5. The maximum absolute atomic E-state index is 8.68. The molecule has 1 aliphatic heterocycles. The fraction of sp³-hybridized carbons (Fsp3) is 0.562. The largest absolute Gasteiger partial charge is 0.409 e. The molecule has 1 fully saturated rings. The number of amidine groups is 1. The van der Waals surface area contributed by atoms with Crippen LogP contribution in [0, 0.1) is 11.8 Å². The quantitative estimate of drug-likeness (QED) is 0.386. The maximum atomic E-state index is 8.68. The third-order valence-corrected chi connectivity index (χ3v) is 4.35. The van der Waals surface area contributed by atoms with Crippen molar-refractivity contribution in [3.05, 3.63) is 29.8 Å².